The molecule has 1 aromatic heterocycles. The second kappa shape index (κ2) is 10.9. The minimum atomic E-state index is -0.446. The van der Waals surface area contributed by atoms with E-state index in [1.165, 1.54) is 16.8 Å². The Morgan fingerprint density at radius 3 is 2.42 bits per heavy atom. The molecule has 0 unspecified atom stereocenters. The molecule has 0 aliphatic rings. The van der Waals surface area contributed by atoms with Crippen molar-refractivity contribution in [2.24, 2.45) is 5.10 Å². The highest BCUT2D eigenvalue weighted by Gasteiger charge is 2.17. The fraction of sp³-hybridized carbons (Fsp3) is 0. The summed E-state index contributed by atoms with van der Waals surface area (Å²) in [5, 5.41) is 14.7. The number of carbonyl (C=O) groups is 1. The van der Waals surface area contributed by atoms with Crippen molar-refractivity contribution in [3.05, 3.63) is 120 Å². The van der Waals surface area contributed by atoms with Crippen LogP contribution >= 0.6 is 43.5 Å². The Kier molecular flexibility index (Phi) is 7.42. The maximum absolute atomic E-state index is 13.8. The molecule has 0 atom stereocenters. The van der Waals surface area contributed by atoms with Crippen molar-refractivity contribution in [1.82, 2.24) is 15.0 Å². The number of nitrogens with zero attached hydrogens (tertiary/aromatic N) is 3. The van der Waals surface area contributed by atoms with Crippen LogP contribution in [0.2, 0.25) is 5.02 Å². The van der Waals surface area contributed by atoms with Gasteiger partial charge in [0.1, 0.15) is 11.6 Å². The number of rotatable bonds is 5. The number of fused-ring (bicyclic) bond motifs is 1. The Labute approximate surface area is 238 Å². The van der Waals surface area contributed by atoms with Crippen LogP contribution < -0.4 is 11.0 Å². The van der Waals surface area contributed by atoms with Gasteiger partial charge in [0.25, 0.3) is 11.5 Å². The lowest BCUT2D eigenvalue weighted by atomic mass is 10.1. The zero-order chi connectivity index (χ0) is 26.8. The molecule has 0 saturated carbocycles. The van der Waals surface area contributed by atoms with Crippen LogP contribution in [0.3, 0.4) is 0 Å². The Balaban J connectivity index is 1.53. The minimum absolute atomic E-state index is 0.0554. The highest BCUT2D eigenvalue weighted by molar-refractivity contribution is 9.11. The lowest BCUT2D eigenvalue weighted by Crippen LogP contribution is -2.22. The summed E-state index contributed by atoms with van der Waals surface area (Å²) in [6.07, 6.45) is 1.36. The number of carbonyl (C=O) groups excluding carboxylic acids is 1. The van der Waals surface area contributed by atoms with Gasteiger partial charge in [0.2, 0.25) is 0 Å². The lowest BCUT2D eigenvalue weighted by molar-refractivity contribution is 0.0955. The van der Waals surface area contributed by atoms with Crippen molar-refractivity contribution in [1.29, 1.82) is 0 Å². The third-order valence-corrected chi connectivity index (χ3v) is 7.00. The Bertz CT molecular complexity index is 1770. The van der Waals surface area contributed by atoms with Gasteiger partial charge in [-0.2, -0.15) is 5.10 Å². The molecule has 4 aromatic carbocycles. The largest absolute Gasteiger partial charge is 0.507 e. The first kappa shape index (κ1) is 25.8. The quantitative estimate of drug-likeness (QED) is 0.163. The van der Waals surface area contributed by atoms with Crippen molar-refractivity contribution < 1.29 is 9.90 Å². The molecule has 0 saturated heterocycles. The summed E-state index contributed by atoms with van der Waals surface area (Å²) in [7, 11) is 0. The number of hydrazone groups is 1. The number of benzene rings is 4. The van der Waals surface area contributed by atoms with Gasteiger partial charge in [-0.15, -0.1) is 0 Å². The highest BCUT2D eigenvalue weighted by atomic mass is 79.9. The number of para-hydroxylation sites is 1. The van der Waals surface area contributed by atoms with Crippen LogP contribution in [0.15, 0.2) is 104 Å². The molecule has 0 aliphatic carbocycles. The van der Waals surface area contributed by atoms with E-state index in [9.17, 15) is 14.7 Å². The highest BCUT2D eigenvalue weighted by Crippen LogP contribution is 2.29. The van der Waals surface area contributed by atoms with Crippen molar-refractivity contribution in [3.8, 4) is 22.8 Å². The van der Waals surface area contributed by atoms with Crippen molar-refractivity contribution in [3.63, 3.8) is 0 Å². The van der Waals surface area contributed by atoms with Crippen LogP contribution in [0.4, 0.5) is 0 Å². The Morgan fingerprint density at radius 1 is 1.00 bits per heavy atom. The fourth-order valence-electron chi connectivity index (χ4n) is 3.83. The predicted molar refractivity (Wildman–Crippen MR) is 156 cm³/mol. The third kappa shape index (κ3) is 5.26. The molecule has 10 heteroatoms. The van der Waals surface area contributed by atoms with Crippen LogP contribution in [-0.4, -0.2) is 26.8 Å². The second-order valence-corrected chi connectivity index (χ2v) is 10.4. The topological polar surface area (TPSA) is 96.6 Å². The molecule has 0 fully saturated rings. The first-order valence-electron chi connectivity index (χ1n) is 11.2. The van der Waals surface area contributed by atoms with E-state index in [0.717, 1.165) is 4.47 Å². The van der Waals surface area contributed by atoms with E-state index in [-0.39, 0.29) is 11.3 Å². The molecule has 2 N–H and O–H groups in total. The number of nitrogens with one attached hydrogen (secondary N) is 1. The van der Waals surface area contributed by atoms with Gasteiger partial charge in [0, 0.05) is 30.7 Å². The molecule has 1 amide bonds. The molecular formula is C28H17Br2ClN4O3. The second-order valence-electron chi connectivity index (χ2n) is 8.17. The van der Waals surface area contributed by atoms with Gasteiger partial charge < -0.3 is 5.11 Å². The van der Waals surface area contributed by atoms with Gasteiger partial charge in [0.05, 0.1) is 22.8 Å². The van der Waals surface area contributed by atoms with Crippen molar-refractivity contribution in [2.75, 3.05) is 0 Å². The maximum atomic E-state index is 13.8. The van der Waals surface area contributed by atoms with Crippen LogP contribution in [0.1, 0.15) is 15.9 Å². The number of phenolic OH excluding ortho intramolecular Hbond substituents is 1. The van der Waals surface area contributed by atoms with Gasteiger partial charge in [-0.05, 0) is 88.7 Å². The third-order valence-electron chi connectivity index (χ3n) is 5.69. The molecular weight excluding hydrogens is 636 g/mol. The molecule has 0 aliphatic heterocycles. The van der Waals surface area contributed by atoms with Crippen LogP contribution in [0, 0.1) is 0 Å². The van der Waals surface area contributed by atoms with E-state index in [1.807, 2.05) is 6.07 Å². The number of aromatic nitrogens is 2. The van der Waals surface area contributed by atoms with E-state index in [2.05, 4.69) is 42.4 Å². The van der Waals surface area contributed by atoms with Crippen molar-refractivity contribution >= 4 is 66.5 Å². The number of hydrogen-bond acceptors (Lipinski definition) is 5. The lowest BCUT2D eigenvalue weighted by Gasteiger charge is -2.15. The van der Waals surface area contributed by atoms with Gasteiger partial charge in [-0.3, -0.25) is 14.2 Å². The van der Waals surface area contributed by atoms with E-state index < -0.39 is 5.91 Å². The smallest absolute Gasteiger partial charge is 0.271 e. The molecule has 38 heavy (non-hydrogen) atoms. The van der Waals surface area contributed by atoms with Gasteiger partial charge in [-0.25, -0.2) is 10.4 Å². The van der Waals surface area contributed by atoms with Gasteiger partial charge in [0.15, 0.2) is 0 Å². The van der Waals surface area contributed by atoms with Gasteiger partial charge in [-0.1, -0.05) is 39.7 Å². The zero-order valence-electron chi connectivity index (χ0n) is 19.4. The number of phenols is 1. The molecule has 5 rings (SSSR count). The maximum Gasteiger partial charge on any atom is 0.271 e. The summed E-state index contributed by atoms with van der Waals surface area (Å²) in [5.74, 6) is 0.0319. The molecule has 0 bridgehead atoms. The molecule has 0 radical (unpaired) electrons. The fourth-order valence-corrected chi connectivity index (χ4v) is 5.27. The number of amides is 1. The normalized spacial score (nSPS) is 11.2. The SMILES string of the molecule is O=C(NN=Cc1ccccc1O)c1ccc(-n2c(-c3ccc(Cl)cc3)nc3c(Br)cc(Br)cc3c2=O)cc1. The van der Waals surface area contributed by atoms with Crippen LogP contribution in [-0.2, 0) is 0 Å². The molecule has 5 aromatic rings. The monoisotopic (exact) mass is 650 g/mol. The summed E-state index contributed by atoms with van der Waals surface area (Å²) in [5.41, 5.74) is 4.73. The predicted octanol–water partition coefficient (Wildman–Crippen LogP) is 6.70. The van der Waals surface area contributed by atoms with E-state index in [1.54, 1.807) is 72.8 Å². The molecule has 188 valence electrons. The van der Waals surface area contributed by atoms with Crippen LogP contribution in [0.5, 0.6) is 5.75 Å². The minimum Gasteiger partial charge on any atom is -0.507 e. The van der Waals surface area contributed by atoms with E-state index >= 15 is 0 Å². The zero-order valence-corrected chi connectivity index (χ0v) is 23.3. The number of halogens is 3. The van der Waals surface area contributed by atoms with Gasteiger partial charge >= 0.3 is 0 Å². The number of aromatic hydroxyl groups is 1. The Hall–Kier alpha value is -3.79. The first-order valence-corrected chi connectivity index (χ1v) is 13.2. The molecule has 1 heterocycles. The number of hydrogen-bond donors (Lipinski definition) is 2. The Morgan fingerprint density at radius 2 is 1.71 bits per heavy atom. The average Bonchev–Trinajstić information content (AvgIpc) is 2.91. The summed E-state index contributed by atoms with van der Waals surface area (Å²) in [6.45, 7) is 0. The molecule has 7 nitrogen and oxygen atoms in total. The van der Waals surface area contributed by atoms with E-state index in [4.69, 9.17) is 16.6 Å². The summed E-state index contributed by atoms with van der Waals surface area (Å²) >= 11 is 13.0. The molecule has 0 spiro atoms. The van der Waals surface area contributed by atoms with Crippen molar-refractivity contribution in [2.45, 2.75) is 0 Å². The summed E-state index contributed by atoms with van der Waals surface area (Å²) < 4.78 is 2.92. The summed E-state index contributed by atoms with van der Waals surface area (Å²) in [4.78, 5) is 31.2. The van der Waals surface area contributed by atoms with E-state index in [0.29, 0.717) is 48.6 Å². The first-order chi connectivity index (χ1) is 18.3. The van der Waals surface area contributed by atoms with Crippen LogP contribution in [0.25, 0.3) is 28.0 Å². The standard InChI is InChI=1S/C28H17Br2ClN4O3/c29-19-13-22-25(23(30)14-19)33-26(16-5-9-20(31)10-6-16)35(28(22)38)21-11-7-17(8-12-21)27(37)34-32-15-18-3-1-2-4-24(18)36/h1-15,36H,(H,34,37). The summed E-state index contributed by atoms with van der Waals surface area (Å²) in [6, 6.07) is 23.8. The average molecular weight is 653 g/mol.